The SMILES string of the molecule is COc1ccc(OCCC(=O)NC(C(=O)O)C(C)C)cc1. The average Bonchev–Trinajstić information content (AvgIpc) is 2.45. The Hall–Kier alpha value is -2.24. The fourth-order valence-electron chi connectivity index (χ4n) is 1.69. The lowest BCUT2D eigenvalue weighted by Crippen LogP contribution is -2.44. The first-order valence-electron chi connectivity index (χ1n) is 6.73. The Balaban J connectivity index is 2.37. The van der Waals surface area contributed by atoms with E-state index in [2.05, 4.69) is 5.32 Å². The van der Waals surface area contributed by atoms with E-state index >= 15 is 0 Å². The van der Waals surface area contributed by atoms with E-state index in [4.69, 9.17) is 14.6 Å². The molecule has 1 aromatic rings. The lowest BCUT2D eigenvalue weighted by Gasteiger charge is -2.17. The summed E-state index contributed by atoms with van der Waals surface area (Å²) in [7, 11) is 1.58. The zero-order chi connectivity index (χ0) is 15.8. The summed E-state index contributed by atoms with van der Waals surface area (Å²) in [4.78, 5) is 22.7. The van der Waals surface area contributed by atoms with E-state index in [0.29, 0.717) is 5.75 Å². The van der Waals surface area contributed by atoms with Gasteiger partial charge < -0.3 is 19.9 Å². The van der Waals surface area contributed by atoms with Crippen LogP contribution in [-0.4, -0.2) is 36.7 Å². The van der Waals surface area contributed by atoms with Crippen LogP contribution in [0.4, 0.5) is 0 Å². The minimum absolute atomic E-state index is 0.0997. The van der Waals surface area contributed by atoms with Crippen LogP contribution in [0.5, 0.6) is 11.5 Å². The molecule has 6 nitrogen and oxygen atoms in total. The Kier molecular flexibility index (Phi) is 6.52. The second-order valence-corrected chi connectivity index (χ2v) is 4.90. The lowest BCUT2D eigenvalue weighted by molar-refractivity contribution is -0.143. The molecule has 0 fully saturated rings. The third-order valence-electron chi connectivity index (χ3n) is 2.91. The van der Waals surface area contributed by atoms with E-state index in [0.717, 1.165) is 5.75 Å². The van der Waals surface area contributed by atoms with Crippen molar-refractivity contribution in [1.29, 1.82) is 0 Å². The molecule has 1 rings (SSSR count). The molecule has 21 heavy (non-hydrogen) atoms. The van der Waals surface area contributed by atoms with Crippen LogP contribution in [-0.2, 0) is 9.59 Å². The maximum atomic E-state index is 11.7. The lowest BCUT2D eigenvalue weighted by atomic mass is 10.0. The zero-order valence-electron chi connectivity index (χ0n) is 12.5. The van der Waals surface area contributed by atoms with Crippen molar-refractivity contribution in [3.8, 4) is 11.5 Å². The topological polar surface area (TPSA) is 84.9 Å². The standard InChI is InChI=1S/C15H21NO5/c1-10(2)14(15(18)19)16-13(17)8-9-21-12-6-4-11(20-3)5-7-12/h4-7,10,14H,8-9H2,1-3H3,(H,16,17)(H,18,19). The van der Waals surface area contributed by atoms with Gasteiger partial charge in [0.2, 0.25) is 5.91 Å². The number of carboxylic acids is 1. The van der Waals surface area contributed by atoms with Gasteiger partial charge in [-0.1, -0.05) is 13.8 Å². The maximum Gasteiger partial charge on any atom is 0.326 e. The Morgan fingerprint density at radius 2 is 1.76 bits per heavy atom. The number of ether oxygens (including phenoxy) is 2. The number of hydrogen-bond donors (Lipinski definition) is 2. The number of carboxylic acid groups (broad SMARTS) is 1. The van der Waals surface area contributed by atoms with E-state index in [9.17, 15) is 9.59 Å². The van der Waals surface area contributed by atoms with E-state index in [1.54, 1.807) is 45.2 Å². The van der Waals surface area contributed by atoms with Crippen LogP contribution in [0.15, 0.2) is 24.3 Å². The van der Waals surface area contributed by atoms with Gasteiger partial charge in [0.05, 0.1) is 20.1 Å². The van der Waals surface area contributed by atoms with Crippen molar-refractivity contribution >= 4 is 11.9 Å². The van der Waals surface area contributed by atoms with Crippen molar-refractivity contribution in [1.82, 2.24) is 5.32 Å². The highest BCUT2D eigenvalue weighted by Crippen LogP contribution is 2.17. The molecule has 2 N–H and O–H groups in total. The zero-order valence-corrected chi connectivity index (χ0v) is 12.5. The van der Waals surface area contributed by atoms with Crippen molar-refractivity contribution in [2.45, 2.75) is 26.3 Å². The summed E-state index contributed by atoms with van der Waals surface area (Å²) in [5, 5.41) is 11.5. The van der Waals surface area contributed by atoms with E-state index in [1.807, 2.05) is 0 Å². The van der Waals surface area contributed by atoms with Crippen LogP contribution in [0.1, 0.15) is 20.3 Å². The molecule has 0 aliphatic rings. The highest BCUT2D eigenvalue weighted by molar-refractivity contribution is 5.83. The summed E-state index contributed by atoms with van der Waals surface area (Å²) in [6.45, 7) is 3.67. The van der Waals surface area contributed by atoms with Crippen LogP contribution >= 0.6 is 0 Å². The van der Waals surface area contributed by atoms with Gasteiger partial charge in [0.1, 0.15) is 17.5 Å². The Morgan fingerprint density at radius 1 is 1.19 bits per heavy atom. The molecule has 1 atom stereocenters. The van der Waals surface area contributed by atoms with Gasteiger partial charge in [0.15, 0.2) is 0 Å². The summed E-state index contributed by atoms with van der Waals surface area (Å²) in [6, 6.07) is 6.12. The molecule has 0 saturated heterocycles. The Bertz CT molecular complexity index is 469. The summed E-state index contributed by atoms with van der Waals surface area (Å²) in [6.07, 6.45) is 0.0997. The molecule has 0 bridgehead atoms. The number of methoxy groups -OCH3 is 1. The number of aliphatic carboxylic acids is 1. The highest BCUT2D eigenvalue weighted by atomic mass is 16.5. The normalized spacial score (nSPS) is 11.8. The van der Waals surface area contributed by atoms with Crippen LogP contribution in [0.25, 0.3) is 0 Å². The molecular formula is C15H21NO5. The number of carbonyl (C=O) groups excluding carboxylic acids is 1. The molecule has 6 heteroatoms. The molecular weight excluding hydrogens is 274 g/mol. The van der Waals surface area contributed by atoms with Gasteiger partial charge in [-0.25, -0.2) is 4.79 Å². The average molecular weight is 295 g/mol. The quantitative estimate of drug-likeness (QED) is 0.762. The predicted octanol–water partition coefficient (Wildman–Crippen LogP) is 1.69. The fraction of sp³-hybridized carbons (Fsp3) is 0.467. The van der Waals surface area contributed by atoms with Crippen LogP contribution in [0.3, 0.4) is 0 Å². The molecule has 0 heterocycles. The summed E-state index contributed by atoms with van der Waals surface area (Å²) in [5.41, 5.74) is 0. The van der Waals surface area contributed by atoms with Gasteiger partial charge in [0, 0.05) is 0 Å². The van der Waals surface area contributed by atoms with Crippen LogP contribution in [0.2, 0.25) is 0 Å². The molecule has 0 aromatic heterocycles. The van der Waals surface area contributed by atoms with Crippen molar-refractivity contribution < 1.29 is 24.2 Å². The Morgan fingerprint density at radius 3 is 2.24 bits per heavy atom. The largest absolute Gasteiger partial charge is 0.497 e. The smallest absolute Gasteiger partial charge is 0.326 e. The highest BCUT2D eigenvalue weighted by Gasteiger charge is 2.23. The van der Waals surface area contributed by atoms with E-state index in [-0.39, 0.29) is 24.9 Å². The number of amides is 1. The molecule has 0 saturated carbocycles. The third-order valence-corrected chi connectivity index (χ3v) is 2.91. The Labute approximate surface area is 124 Å². The number of rotatable bonds is 8. The second-order valence-electron chi connectivity index (χ2n) is 4.90. The monoisotopic (exact) mass is 295 g/mol. The summed E-state index contributed by atoms with van der Waals surface area (Å²) < 4.78 is 10.4. The summed E-state index contributed by atoms with van der Waals surface area (Å²) in [5.74, 6) is -0.198. The molecule has 1 aromatic carbocycles. The van der Waals surface area contributed by atoms with Gasteiger partial charge in [-0.15, -0.1) is 0 Å². The molecule has 0 spiro atoms. The molecule has 0 aliphatic carbocycles. The van der Waals surface area contributed by atoms with Crippen LogP contribution < -0.4 is 14.8 Å². The van der Waals surface area contributed by atoms with E-state index in [1.165, 1.54) is 0 Å². The first-order valence-corrected chi connectivity index (χ1v) is 6.73. The maximum absolute atomic E-state index is 11.7. The van der Waals surface area contributed by atoms with E-state index < -0.39 is 12.0 Å². The van der Waals surface area contributed by atoms with Crippen molar-refractivity contribution in [3.63, 3.8) is 0 Å². The number of hydrogen-bond acceptors (Lipinski definition) is 4. The van der Waals surface area contributed by atoms with Gasteiger partial charge in [-0.3, -0.25) is 4.79 Å². The number of carbonyl (C=O) groups is 2. The number of benzene rings is 1. The molecule has 0 aliphatic heterocycles. The van der Waals surface area contributed by atoms with Gasteiger partial charge >= 0.3 is 5.97 Å². The number of nitrogens with one attached hydrogen (secondary N) is 1. The van der Waals surface area contributed by atoms with Gasteiger partial charge in [0.25, 0.3) is 0 Å². The van der Waals surface area contributed by atoms with Gasteiger partial charge in [-0.2, -0.15) is 0 Å². The van der Waals surface area contributed by atoms with Crippen LogP contribution in [0, 0.1) is 5.92 Å². The van der Waals surface area contributed by atoms with Gasteiger partial charge in [-0.05, 0) is 30.2 Å². The second kappa shape index (κ2) is 8.14. The summed E-state index contributed by atoms with van der Waals surface area (Å²) >= 11 is 0. The molecule has 0 radical (unpaired) electrons. The molecule has 116 valence electrons. The first-order chi connectivity index (χ1) is 9.93. The van der Waals surface area contributed by atoms with Crippen molar-refractivity contribution in [2.24, 2.45) is 5.92 Å². The predicted molar refractivity (Wildman–Crippen MR) is 77.5 cm³/mol. The third kappa shape index (κ3) is 5.72. The van der Waals surface area contributed by atoms with Crippen molar-refractivity contribution in [2.75, 3.05) is 13.7 Å². The van der Waals surface area contributed by atoms with Crippen molar-refractivity contribution in [3.05, 3.63) is 24.3 Å². The minimum atomic E-state index is -1.03. The first kappa shape index (κ1) is 16.8. The fourth-order valence-corrected chi connectivity index (χ4v) is 1.69. The molecule has 1 amide bonds. The minimum Gasteiger partial charge on any atom is -0.497 e. The molecule has 1 unspecified atom stereocenters.